The van der Waals surface area contributed by atoms with Gasteiger partial charge in [0.15, 0.2) is 0 Å². The average molecular weight is 332 g/mol. The van der Waals surface area contributed by atoms with Gasteiger partial charge in [0.1, 0.15) is 0 Å². The molecule has 6 nitrogen and oxygen atoms in total. The van der Waals surface area contributed by atoms with Crippen LogP contribution in [0.5, 0.6) is 0 Å². The fourth-order valence-electron chi connectivity index (χ4n) is 2.81. The van der Waals surface area contributed by atoms with E-state index in [2.05, 4.69) is 26.6 Å². The number of carbonyl (C=O) groups excluding carboxylic acids is 2. The first kappa shape index (κ1) is 18.4. The van der Waals surface area contributed by atoms with Crippen LogP contribution in [-0.4, -0.2) is 46.9 Å². The second-order valence-corrected chi connectivity index (χ2v) is 7.49. The van der Waals surface area contributed by atoms with Crippen LogP contribution in [0, 0.1) is 5.92 Å². The van der Waals surface area contributed by atoms with Crippen LogP contribution >= 0.6 is 0 Å². The lowest BCUT2D eigenvalue weighted by Gasteiger charge is -2.32. The summed E-state index contributed by atoms with van der Waals surface area (Å²) in [6.45, 7) is 9.06. The van der Waals surface area contributed by atoms with Gasteiger partial charge in [-0.3, -0.25) is 19.5 Å². The molecule has 0 aliphatic carbocycles. The molecule has 0 radical (unpaired) electrons. The molecule has 2 rings (SSSR count). The number of amides is 2. The standard InChI is InChI=1S/C18H28N4O2/c1-18(2,3)21-17(24)16(23)20-12-14-6-9-22(10-7-14)13-15-5-4-8-19-11-15/h4-5,8,11,14H,6-7,9-10,12-13H2,1-3H3,(H,20,23)(H,21,24). The zero-order valence-electron chi connectivity index (χ0n) is 14.8. The second-order valence-electron chi connectivity index (χ2n) is 7.49. The van der Waals surface area contributed by atoms with Crippen molar-refractivity contribution in [2.75, 3.05) is 19.6 Å². The lowest BCUT2D eigenvalue weighted by molar-refractivity contribution is -0.140. The molecule has 1 aromatic heterocycles. The molecule has 6 heteroatoms. The van der Waals surface area contributed by atoms with Gasteiger partial charge in [0.25, 0.3) is 0 Å². The maximum atomic E-state index is 11.8. The number of likely N-dealkylation sites (tertiary alicyclic amines) is 1. The van der Waals surface area contributed by atoms with E-state index in [1.165, 1.54) is 5.56 Å². The molecular formula is C18H28N4O2. The Morgan fingerprint density at radius 1 is 1.25 bits per heavy atom. The third kappa shape index (κ3) is 6.28. The molecule has 1 fully saturated rings. The summed E-state index contributed by atoms with van der Waals surface area (Å²) in [5.74, 6) is -0.666. The molecule has 0 bridgehead atoms. The van der Waals surface area contributed by atoms with Gasteiger partial charge in [0, 0.05) is 31.0 Å². The van der Waals surface area contributed by atoms with Gasteiger partial charge in [-0.2, -0.15) is 0 Å². The number of hydrogen-bond acceptors (Lipinski definition) is 4. The summed E-state index contributed by atoms with van der Waals surface area (Å²) in [5, 5.41) is 5.44. The summed E-state index contributed by atoms with van der Waals surface area (Å²) < 4.78 is 0. The first-order chi connectivity index (χ1) is 11.3. The molecule has 1 saturated heterocycles. The Hall–Kier alpha value is -1.95. The largest absolute Gasteiger partial charge is 0.348 e. The predicted molar refractivity (Wildman–Crippen MR) is 93.1 cm³/mol. The monoisotopic (exact) mass is 332 g/mol. The molecule has 24 heavy (non-hydrogen) atoms. The van der Waals surface area contributed by atoms with Crippen molar-refractivity contribution < 1.29 is 9.59 Å². The van der Waals surface area contributed by atoms with Crippen LogP contribution in [-0.2, 0) is 16.1 Å². The summed E-state index contributed by atoms with van der Waals surface area (Å²) in [5.41, 5.74) is 0.828. The van der Waals surface area contributed by atoms with Crippen molar-refractivity contribution in [2.24, 2.45) is 5.92 Å². The van der Waals surface area contributed by atoms with E-state index in [9.17, 15) is 9.59 Å². The van der Waals surface area contributed by atoms with Gasteiger partial charge >= 0.3 is 11.8 Å². The Balaban J connectivity index is 1.68. The summed E-state index contributed by atoms with van der Waals surface area (Å²) in [6, 6.07) is 4.05. The van der Waals surface area contributed by atoms with Crippen molar-refractivity contribution in [3.05, 3.63) is 30.1 Å². The van der Waals surface area contributed by atoms with Gasteiger partial charge in [-0.1, -0.05) is 6.07 Å². The van der Waals surface area contributed by atoms with E-state index in [0.29, 0.717) is 12.5 Å². The topological polar surface area (TPSA) is 74.3 Å². The average Bonchev–Trinajstić information content (AvgIpc) is 2.53. The molecule has 1 aliphatic rings. The Morgan fingerprint density at radius 3 is 2.54 bits per heavy atom. The minimum Gasteiger partial charge on any atom is -0.348 e. The molecule has 0 saturated carbocycles. The third-order valence-corrected chi connectivity index (χ3v) is 4.08. The SMILES string of the molecule is CC(C)(C)NC(=O)C(=O)NCC1CCN(Cc2cccnc2)CC1. The normalized spacial score (nSPS) is 16.6. The number of rotatable bonds is 4. The van der Waals surface area contributed by atoms with Crippen LogP contribution in [0.15, 0.2) is 24.5 Å². The first-order valence-corrected chi connectivity index (χ1v) is 8.55. The van der Waals surface area contributed by atoms with Crippen molar-refractivity contribution >= 4 is 11.8 Å². The van der Waals surface area contributed by atoms with Crippen LogP contribution < -0.4 is 10.6 Å². The number of hydrogen-bond donors (Lipinski definition) is 2. The lowest BCUT2D eigenvalue weighted by atomic mass is 9.96. The highest BCUT2D eigenvalue weighted by Gasteiger charge is 2.23. The van der Waals surface area contributed by atoms with Crippen LogP contribution in [0.1, 0.15) is 39.2 Å². The van der Waals surface area contributed by atoms with Gasteiger partial charge in [-0.15, -0.1) is 0 Å². The number of nitrogens with zero attached hydrogens (tertiary/aromatic N) is 2. The van der Waals surface area contributed by atoms with Crippen molar-refractivity contribution in [3.8, 4) is 0 Å². The number of piperidine rings is 1. The Labute approximate surface area is 144 Å². The second kappa shape index (κ2) is 8.24. The van der Waals surface area contributed by atoms with Crippen LogP contribution in [0.25, 0.3) is 0 Å². The zero-order valence-corrected chi connectivity index (χ0v) is 14.8. The molecule has 0 atom stereocenters. The quantitative estimate of drug-likeness (QED) is 0.816. The maximum absolute atomic E-state index is 11.8. The van der Waals surface area contributed by atoms with Crippen molar-refractivity contribution in [1.82, 2.24) is 20.5 Å². The number of aromatic nitrogens is 1. The van der Waals surface area contributed by atoms with Gasteiger partial charge in [-0.05, 0) is 64.3 Å². The Kier molecular flexibility index (Phi) is 6.31. The number of carbonyl (C=O) groups is 2. The zero-order chi connectivity index (χ0) is 17.6. The number of pyridine rings is 1. The molecule has 0 aromatic carbocycles. The fourth-order valence-corrected chi connectivity index (χ4v) is 2.81. The van der Waals surface area contributed by atoms with Gasteiger partial charge in [-0.25, -0.2) is 0 Å². The highest BCUT2D eigenvalue weighted by Crippen LogP contribution is 2.18. The van der Waals surface area contributed by atoms with Gasteiger partial charge in [0.2, 0.25) is 0 Å². The first-order valence-electron chi connectivity index (χ1n) is 8.55. The van der Waals surface area contributed by atoms with Gasteiger partial charge in [0.05, 0.1) is 0 Å². The van der Waals surface area contributed by atoms with E-state index in [0.717, 1.165) is 32.5 Å². The van der Waals surface area contributed by atoms with Crippen molar-refractivity contribution in [1.29, 1.82) is 0 Å². The van der Waals surface area contributed by atoms with E-state index in [4.69, 9.17) is 0 Å². The molecule has 1 aliphatic heterocycles. The van der Waals surface area contributed by atoms with E-state index < -0.39 is 17.4 Å². The maximum Gasteiger partial charge on any atom is 0.309 e. The van der Waals surface area contributed by atoms with Crippen LogP contribution in [0.4, 0.5) is 0 Å². The van der Waals surface area contributed by atoms with Crippen molar-refractivity contribution in [3.63, 3.8) is 0 Å². The Morgan fingerprint density at radius 2 is 1.96 bits per heavy atom. The molecule has 0 unspecified atom stereocenters. The van der Waals surface area contributed by atoms with E-state index in [1.807, 2.05) is 33.0 Å². The molecular weight excluding hydrogens is 304 g/mol. The van der Waals surface area contributed by atoms with Crippen molar-refractivity contribution in [2.45, 2.75) is 45.7 Å². The minimum absolute atomic E-state index is 0.397. The predicted octanol–water partition coefficient (Wildman–Crippen LogP) is 1.32. The molecule has 1 aromatic rings. The van der Waals surface area contributed by atoms with Crippen LogP contribution in [0.3, 0.4) is 0 Å². The third-order valence-electron chi connectivity index (χ3n) is 4.08. The smallest absolute Gasteiger partial charge is 0.309 e. The molecule has 2 N–H and O–H groups in total. The fraction of sp³-hybridized carbons (Fsp3) is 0.611. The summed E-state index contributed by atoms with van der Waals surface area (Å²) in [4.78, 5) is 30.1. The molecule has 0 spiro atoms. The summed E-state index contributed by atoms with van der Waals surface area (Å²) in [7, 11) is 0. The van der Waals surface area contributed by atoms with Gasteiger partial charge < -0.3 is 10.6 Å². The molecule has 2 heterocycles. The highest BCUT2D eigenvalue weighted by molar-refractivity contribution is 6.35. The lowest BCUT2D eigenvalue weighted by Crippen LogP contribution is -2.49. The number of nitrogens with one attached hydrogen (secondary N) is 2. The van der Waals surface area contributed by atoms with E-state index in [1.54, 1.807) is 6.20 Å². The van der Waals surface area contributed by atoms with E-state index in [-0.39, 0.29) is 0 Å². The van der Waals surface area contributed by atoms with Crippen LogP contribution in [0.2, 0.25) is 0 Å². The molecule has 132 valence electrons. The van der Waals surface area contributed by atoms with E-state index >= 15 is 0 Å². The highest BCUT2D eigenvalue weighted by atomic mass is 16.2. The molecule has 2 amide bonds. The Bertz CT molecular complexity index is 546. The summed E-state index contributed by atoms with van der Waals surface area (Å²) in [6.07, 6.45) is 5.75. The minimum atomic E-state index is -0.559. The summed E-state index contributed by atoms with van der Waals surface area (Å²) >= 11 is 0.